The summed E-state index contributed by atoms with van der Waals surface area (Å²) in [7, 11) is 1.34. The van der Waals surface area contributed by atoms with Gasteiger partial charge in [-0.2, -0.15) is 0 Å². The monoisotopic (exact) mass is 389 g/mol. The molecular weight excluding hydrogens is 366 g/mol. The maximum Gasteiger partial charge on any atom is 0.337 e. The number of rotatable bonds is 6. The summed E-state index contributed by atoms with van der Waals surface area (Å²) in [4.78, 5) is 28.5. The molecule has 2 aromatic carbocycles. The molecule has 1 amide bonds. The van der Waals surface area contributed by atoms with Crippen LogP contribution in [-0.2, 0) is 11.2 Å². The molecule has 0 spiro atoms. The van der Waals surface area contributed by atoms with Gasteiger partial charge in [-0.3, -0.25) is 4.79 Å². The van der Waals surface area contributed by atoms with Crippen molar-refractivity contribution in [2.24, 2.45) is 0 Å². The number of aromatic nitrogens is 1. The SMILES string of the molecule is CCc1cccc(C)c1NC(=O)c1ccc(Nc2cccc(C(=O)OC)c2)cn1. The Hall–Kier alpha value is -3.67. The minimum Gasteiger partial charge on any atom is -0.465 e. The molecule has 0 atom stereocenters. The second-order valence-electron chi connectivity index (χ2n) is 6.55. The lowest BCUT2D eigenvalue weighted by Crippen LogP contribution is -2.15. The highest BCUT2D eigenvalue weighted by molar-refractivity contribution is 6.03. The van der Waals surface area contributed by atoms with Gasteiger partial charge < -0.3 is 15.4 Å². The van der Waals surface area contributed by atoms with E-state index in [-0.39, 0.29) is 5.91 Å². The summed E-state index contributed by atoms with van der Waals surface area (Å²) >= 11 is 0. The average molecular weight is 389 g/mol. The first kappa shape index (κ1) is 20.1. The van der Waals surface area contributed by atoms with Crippen molar-refractivity contribution < 1.29 is 14.3 Å². The number of carbonyl (C=O) groups is 2. The van der Waals surface area contributed by atoms with Gasteiger partial charge in [0.2, 0.25) is 0 Å². The van der Waals surface area contributed by atoms with Crippen molar-refractivity contribution in [3.8, 4) is 0 Å². The lowest BCUT2D eigenvalue weighted by Gasteiger charge is -2.13. The molecule has 0 saturated heterocycles. The Labute approximate surface area is 169 Å². The van der Waals surface area contributed by atoms with Crippen LogP contribution in [-0.4, -0.2) is 24.0 Å². The summed E-state index contributed by atoms with van der Waals surface area (Å²) in [5, 5.41) is 6.13. The van der Waals surface area contributed by atoms with Crippen molar-refractivity contribution in [1.29, 1.82) is 0 Å². The number of methoxy groups -OCH3 is 1. The smallest absolute Gasteiger partial charge is 0.337 e. The van der Waals surface area contributed by atoms with Gasteiger partial charge in [0, 0.05) is 11.4 Å². The number of carbonyl (C=O) groups excluding carboxylic acids is 2. The van der Waals surface area contributed by atoms with E-state index in [9.17, 15) is 9.59 Å². The normalized spacial score (nSPS) is 10.3. The highest BCUT2D eigenvalue weighted by Crippen LogP contribution is 2.22. The molecule has 0 bridgehead atoms. The largest absolute Gasteiger partial charge is 0.465 e. The van der Waals surface area contributed by atoms with Crippen molar-refractivity contribution in [2.45, 2.75) is 20.3 Å². The highest BCUT2D eigenvalue weighted by Gasteiger charge is 2.12. The minimum atomic E-state index is -0.401. The van der Waals surface area contributed by atoms with Crippen LogP contribution in [0, 0.1) is 6.92 Å². The summed E-state index contributed by atoms with van der Waals surface area (Å²) in [5.41, 5.74) is 5.14. The first-order chi connectivity index (χ1) is 14.0. The van der Waals surface area contributed by atoms with Crippen molar-refractivity contribution in [3.63, 3.8) is 0 Å². The van der Waals surface area contributed by atoms with Gasteiger partial charge in [-0.05, 0) is 54.8 Å². The zero-order chi connectivity index (χ0) is 20.8. The van der Waals surface area contributed by atoms with Crippen molar-refractivity contribution >= 4 is 28.9 Å². The van der Waals surface area contributed by atoms with Crippen LogP contribution in [0.15, 0.2) is 60.8 Å². The van der Waals surface area contributed by atoms with E-state index >= 15 is 0 Å². The van der Waals surface area contributed by atoms with Gasteiger partial charge in [-0.1, -0.05) is 31.2 Å². The standard InChI is InChI=1S/C23H23N3O3/c1-4-16-8-5-7-15(2)21(16)26-22(27)20-12-11-19(14-24-20)25-18-10-6-9-17(13-18)23(28)29-3/h5-14,25H,4H2,1-3H3,(H,26,27). The number of esters is 1. The summed E-state index contributed by atoms with van der Waals surface area (Å²) < 4.78 is 4.73. The zero-order valence-corrected chi connectivity index (χ0v) is 16.7. The van der Waals surface area contributed by atoms with Crippen LogP contribution in [0.4, 0.5) is 17.1 Å². The van der Waals surface area contributed by atoms with E-state index in [1.807, 2.05) is 31.2 Å². The van der Waals surface area contributed by atoms with E-state index in [4.69, 9.17) is 4.74 Å². The molecule has 0 aliphatic rings. The van der Waals surface area contributed by atoms with Crippen LogP contribution in [0.3, 0.4) is 0 Å². The van der Waals surface area contributed by atoms with E-state index < -0.39 is 5.97 Å². The Morgan fingerprint density at radius 3 is 2.52 bits per heavy atom. The molecule has 6 nitrogen and oxygen atoms in total. The van der Waals surface area contributed by atoms with Crippen LogP contribution in [0.25, 0.3) is 0 Å². The van der Waals surface area contributed by atoms with Crippen molar-refractivity contribution in [2.75, 3.05) is 17.7 Å². The zero-order valence-electron chi connectivity index (χ0n) is 16.7. The average Bonchev–Trinajstić information content (AvgIpc) is 2.75. The van der Waals surface area contributed by atoms with Gasteiger partial charge in [0.15, 0.2) is 0 Å². The van der Waals surface area contributed by atoms with Crippen molar-refractivity contribution in [1.82, 2.24) is 4.98 Å². The molecule has 0 saturated carbocycles. The van der Waals surface area contributed by atoms with Crippen LogP contribution in [0.1, 0.15) is 38.9 Å². The Balaban J connectivity index is 1.72. The highest BCUT2D eigenvalue weighted by atomic mass is 16.5. The van der Waals surface area contributed by atoms with Gasteiger partial charge in [-0.25, -0.2) is 9.78 Å². The molecule has 0 aliphatic carbocycles. The minimum absolute atomic E-state index is 0.256. The lowest BCUT2D eigenvalue weighted by molar-refractivity contribution is 0.0600. The van der Waals surface area contributed by atoms with E-state index in [1.54, 1.807) is 36.5 Å². The molecule has 6 heteroatoms. The Kier molecular flexibility index (Phi) is 6.24. The third-order valence-electron chi connectivity index (χ3n) is 4.55. The number of anilines is 3. The first-order valence-electron chi connectivity index (χ1n) is 9.33. The van der Waals surface area contributed by atoms with E-state index in [0.29, 0.717) is 16.9 Å². The van der Waals surface area contributed by atoms with Gasteiger partial charge in [0.25, 0.3) is 5.91 Å². The molecule has 148 valence electrons. The number of pyridine rings is 1. The number of nitrogens with one attached hydrogen (secondary N) is 2. The van der Waals surface area contributed by atoms with E-state index in [2.05, 4.69) is 22.5 Å². The molecular formula is C23H23N3O3. The quantitative estimate of drug-likeness (QED) is 0.596. The van der Waals surface area contributed by atoms with Gasteiger partial charge in [0.1, 0.15) is 5.69 Å². The number of hydrogen-bond donors (Lipinski definition) is 2. The van der Waals surface area contributed by atoms with Gasteiger partial charge in [-0.15, -0.1) is 0 Å². The number of benzene rings is 2. The molecule has 0 radical (unpaired) electrons. The fourth-order valence-corrected chi connectivity index (χ4v) is 2.99. The molecule has 1 heterocycles. The van der Waals surface area contributed by atoms with Crippen LogP contribution in [0.2, 0.25) is 0 Å². The molecule has 0 fully saturated rings. The number of amides is 1. The number of para-hydroxylation sites is 1. The second kappa shape index (κ2) is 9.01. The van der Waals surface area contributed by atoms with Gasteiger partial charge in [0.05, 0.1) is 24.6 Å². The fraction of sp³-hybridized carbons (Fsp3) is 0.174. The third kappa shape index (κ3) is 4.79. The van der Waals surface area contributed by atoms with Crippen molar-refractivity contribution in [3.05, 3.63) is 83.2 Å². The molecule has 3 rings (SSSR count). The second-order valence-corrected chi connectivity index (χ2v) is 6.55. The lowest BCUT2D eigenvalue weighted by atomic mass is 10.1. The predicted octanol–water partition coefficient (Wildman–Crippen LogP) is 4.73. The molecule has 29 heavy (non-hydrogen) atoms. The molecule has 3 aromatic rings. The maximum absolute atomic E-state index is 12.6. The van der Waals surface area contributed by atoms with E-state index in [0.717, 1.165) is 28.9 Å². The topological polar surface area (TPSA) is 80.3 Å². The number of ether oxygens (including phenoxy) is 1. The Bertz CT molecular complexity index is 1030. The number of nitrogens with zero attached hydrogens (tertiary/aromatic N) is 1. The van der Waals surface area contributed by atoms with Gasteiger partial charge >= 0.3 is 5.97 Å². The van der Waals surface area contributed by atoms with E-state index in [1.165, 1.54) is 7.11 Å². The Morgan fingerprint density at radius 1 is 1.03 bits per heavy atom. The predicted molar refractivity (Wildman–Crippen MR) is 114 cm³/mol. The summed E-state index contributed by atoms with van der Waals surface area (Å²) in [6, 6.07) is 16.3. The maximum atomic E-state index is 12.6. The third-order valence-corrected chi connectivity index (χ3v) is 4.55. The molecule has 0 aliphatic heterocycles. The summed E-state index contributed by atoms with van der Waals surface area (Å²) in [5.74, 6) is -0.658. The summed E-state index contributed by atoms with van der Waals surface area (Å²) in [6.07, 6.45) is 2.41. The molecule has 2 N–H and O–H groups in total. The molecule has 0 unspecified atom stereocenters. The number of hydrogen-bond acceptors (Lipinski definition) is 5. The fourth-order valence-electron chi connectivity index (χ4n) is 2.99. The first-order valence-corrected chi connectivity index (χ1v) is 9.33. The van der Waals surface area contributed by atoms with Crippen LogP contribution in [0.5, 0.6) is 0 Å². The Morgan fingerprint density at radius 2 is 1.83 bits per heavy atom. The summed E-state index contributed by atoms with van der Waals surface area (Å²) in [6.45, 7) is 4.02. The van der Waals surface area contributed by atoms with Crippen LogP contribution < -0.4 is 10.6 Å². The molecule has 1 aromatic heterocycles. The number of aryl methyl sites for hydroxylation is 2. The van der Waals surface area contributed by atoms with Crippen LogP contribution >= 0.6 is 0 Å².